The Hall–Kier alpha value is -1.80. The highest BCUT2D eigenvalue weighted by Crippen LogP contribution is 2.31. The molecule has 0 fully saturated rings. The highest BCUT2D eigenvalue weighted by Gasteiger charge is 2.16. The van der Waals surface area contributed by atoms with Gasteiger partial charge in [-0.2, -0.15) is 5.26 Å². The summed E-state index contributed by atoms with van der Waals surface area (Å²) < 4.78 is 40.9. The summed E-state index contributed by atoms with van der Waals surface area (Å²) in [6, 6.07) is 7.09. The Kier molecular flexibility index (Phi) is 3.39. The summed E-state index contributed by atoms with van der Waals surface area (Å²) in [6.45, 7) is 0. The zero-order valence-electron chi connectivity index (χ0n) is 8.85. The van der Waals surface area contributed by atoms with E-state index in [0.717, 1.165) is 12.1 Å². The van der Waals surface area contributed by atoms with Crippen molar-refractivity contribution in [2.24, 2.45) is 0 Å². The molecule has 0 amide bonds. The third-order valence-electron chi connectivity index (χ3n) is 2.37. The molecule has 2 rings (SSSR count). The van der Waals surface area contributed by atoms with E-state index < -0.39 is 17.5 Å². The molecular formula is C13H5BrF3N. The van der Waals surface area contributed by atoms with Crippen molar-refractivity contribution in [3.63, 3.8) is 0 Å². The van der Waals surface area contributed by atoms with Crippen molar-refractivity contribution in [3.05, 3.63) is 57.8 Å². The Morgan fingerprint density at radius 3 is 2.39 bits per heavy atom. The van der Waals surface area contributed by atoms with E-state index in [1.165, 1.54) is 12.1 Å². The van der Waals surface area contributed by atoms with Crippen LogP contribution in [0.2, 0.25) is 0 Å². The van der Waals surface area contributed by atoms with Gasteiger partial charge in [-0.15, -0.1) is 0 Å². The predicted octanol–water partition coefficient (Wildman–Crippen LogP) is 4.41. The highest BCUT2D eigenvalue weighted by atomic mass is 79.9. The van der Waals surface area contributed by atoms with E-state index in [2.05, 4.69) is 15.9 Å². The maximum Gasteiger partial charge on any atom is 0.135 e. The number of nitriles is 1. The van der Waals surface area contributed by atoms with E-state index in [1.807, 2.05) is 0 Å². The smallest absolute Gasteiger partial charge is 0.135 e. The van der Waals surface area contributed by atoms with Crippen molar-refractivity contribution in [2.75, 3.05) is 0 Å². The van der Waals surface area contributed by atoms with Crippen LogP contribution in [0, 0.1) is 28.8 Å². The van der Waals surface area contributed by atoms with E-state index in [-0.39, 0.29) is 16.7 Å². The minimum atomic E-state index is -0.969. The van der Waals surface area contributed by atoms with Gasteiger partial charge in [0.25, 0.3) is 0 Å². The van der Waals surface area contributed by atoms with Gasteiger partial charge < -0.3 is 0 Å². The first kappa shape index (κ1) is 12.7. The largest absolute Gasteiger partial charge is 0.207 e. The molecule has 0 N–H and O–H groups in total. The van der Waals surface area contributed by atoms with Crippen LogP contribution >= 0.6 is 15.9 Å². The summed E-state index contributed by atoms with van der Waals surface area (Å²) in [6.07, 6.45) is 0. The first-order valence-corrected chi connectivity index (χ1v) is 5.67. The summed E-state index contributed by atoms with van der Waals surface area (Å²) in [5.74, 6) is -2.52. The number of rotatable bonds is 1. The van der Waals surface area contributed by atoms with Crippen molar-refractivity contribution in [1.82, 2.24) is 0 Å². The van der Waals surface area contributed by atoms with Crippen molar-refractivity contribution in [1.29, 1.82) is 5.26 Å². The molecule has 2 aromatic carbocycles. The van der Waals surface area contributed by atoms with Crippen molar-refractivity contribution < 1.29 is 13.2 Å². The van der Waals surface area contributed by atoms with Crippen LogP contribution in [-0.2, 0) is 0 Å². The van der Waals surface area contributed by atoms with Crippen molar-refractivity contribution in [3.8, 4) is 17.2 Å². The molecule has 0 bridgehead atoms. The van der Waals surface area contributed by atoms with Crippen LogP contribution in [0.25, 0.3) is 11.1 Å². The van der Waals surface area contributed by atoms with Gasteiger partial charge in [-0.3, -0.25) is 0 Å². The highest BCUT2D eigenvalue weighted by molar-refractivity contribution is 9.10. The maximum atomic E-state index is 13.7. The van der Waals surface area contributed by atoms with Crippen LogP contribution in [0.1, 0.15) is 5.56 Å². The number of hydrogen-bond donors (Lipinski definition) is 0. The Balaban J connectivity index is 2.79. The maximum absolute atomic E-state index is 13.7. The molecule has 0 aliphatic heterocycles. The van der Waals surface area contributed by atoms with E-state index >= 15 is 0 Å². The van der Waals surface area contributed by atoms with E-state index in [0.29, 0.717) is 10.5 Å². The van der Waals surface area contributed by atoms with Gasteiger partial charge >= 0.3 is 0 Å². The standard InChI is InChI=1S/C13H5BrF3N/c14-8-1-2-11(16)10(4-8)13-7(6-18)3-9(15)5-12(13)17/h1-5H. The lowest BCUT2D eigenvalue weighted by Gasteiger charge is -2.08. The molecule has 0 radical (unpaired) electrons. The monoisotopic (exact) mass is 311 g/mol. The molecule has 0 heterocycles. The van der Waals surface area contributed by atoms with Gasteiger partial charge in [0.2, 0.25) is 0 Å². The van der Waals surface area contributed by atoms with Gasteiger partial charge in [-0.05, 0) is 24.3 Å². The van der Waals surface area contributed by atoms with E-state index in [4.69, 9.17) is 5.26 Å². The van der Waals surface area contributed by atoms with Crippen LogP contribution < -0.4 is 0 Å². The minimum Gasteiger partial charge on any atom is -0.207 e. The Morgan fingerprint density at radius 2 is 1.72 bits per heavy atom. The number of halogens is 4. The Bertz CT molecular complexity index is 662. The first-order valence-electron chi connectivity index (χ1n) is 4.87. The van der Waals surface area contributed by atoms with Crippen LogP contribution in [0.4, 0.5) is 13.2 Å². The second kappa shape index (κ2) is 4.83. The molecule has 0 aliphatic rings. The Morgan fingerprint density at radius 1 is 1.00 bits per heavy atom. The molecule has 0 atom stereocenters. The van der Waals surface area contributed by atoms with Crippen molar-refractivity contribution in [2.45, 2.75) is 0 Å². The molecule has 0 saturated carbocycles. The average molecular weight is 312 g/mol. The third kappa shape index (κ3) is 2.24. The minimum absolute atomic E-state index is 0.0848. The molecule has 0 aliphatic carbocycles. The van der Waals surface area contributed by atoms with Crippen LogP contribution in [0.3, 0.4) is 0 Å². The number of benzene rings is 2. The van der Waals surface area contributed by atoms with E-state index in [9.17, 15) is 13.2 Å². The normalized spacial score (nSPS) is 10.2. The second-order valence-electron chi connectivity index (χ2n) is 3.55. The fourth-order valence-electron chi connectivity index (χ4n) is 1.62. The van der Waals surface area contributed by atoms with Gasteiger partial charge in [0, 0.05) is 21.7 Å². The fourth-order valence-corrected chi connectivity index (χ4v) is 1.99. The molecule has 90 valence electrons. The van der Waals surface area contributed by atoms with Crippen LogP contribution in [-0.4, -0.2) is 0 Å². The molecule has 5 heteroatoms. The quantitative estimate of drug-likeness (QED) is 0.765. The lowest BCUT2D eigenvalue weighted by atomic mass is 9.99. The molecule has 0 saturated heterocycles. The molecule has 0 aromatic heterocycles. The fraction of sp³-hybridized carbons (Fsp3) is 0. The van der Waals surface area contributed by atoms with Gasteiger partial charge in [0.1, 0.15) is 17.5 Å². The molecule has 1 nitrogen and oxygen atoms in total. The predicted molar refractivity (Wildman–Crippen MR) is 64.2 cm³/mol. The summed E-state index contributed by atoms with van der Waals surface area (Å²) >= 11 is 3.13. The van der Waals surface area contributed by atoms with Gasteiger partial charge in [0.05, 0.1) is 11.6 Å². The van der Waals surface area contributed by atoms with E-state index in [1.54, 1.807) is 6.07 Å². The van der Waals surface area contributed by atoms with Crippen LogP contribution in [0.5, 0.6) is 0 Å². The SMILES string of the molecule is N#Cc1cc(F)cc(F)c1-c1cc(Br)ccc1F. The zero-order chi connectivity index (χ0) is 13.3. The summed E-state index contributed by atoms with van der Waals surface area (Å²) in [5.41, 5.74) is -0.569. The first-order chi connectivity index (χ1) is 8.52. The summed E-state index contributed by atoms with van der Waals surface area (Å²) in [5, 5.41) is 8.87. The lowest BCUT2D eigenvalue weighted by molar-refractivity contribution is 0.582. The summed E-state index contributed by atoms with van der Waals surface area (Å²) in [7, 11) is 0. The molecule has 0 spiro atoms. The zero-order valence-corrected chi connectivity index (χ0v) is 10.4. The Labute approximate surface area is 110 Å². The number of nitrogens with zero attached hydrogens (tertiary/aromatic N) is 1. The summed E-state index contributed by atoms with van der Waals surface area (Å²) in [4.78, 5) is 0. The van der Waals surface area contributed by atoms with Crippen LogP contribution in [0.15, 0.2) is 34.8 Å². The third-order valence-corrected chi connectivity index (χ3v) is 2.87. The van der Waals surface area contributed by atoms with Gasteiger partial charge in [-0.25, -0.2) is 13.2 Å². The topological polar surface area (TPSA) is 23.8 Å². The molecule has 2 aromatic rings. The lowest BCUT2D eigenvalue weighted by Crippen LogP contribution is -1.95. The van der Waals surface area contributed by atoms with Crippen molar-refractivity contribution >= 4 is 15.9 Å². The average Bonchev–Trinajstić information content (AvgIpc) is 2.32. The molecule has 18 heavy (non-hydrogen) atoms. The molecule has 0 unspecified atom stereocenters. The van der Waals surface area contributed by atoms with Gasteiger partial charge in [-0.1, -0.05) is 15.9 Å². The van der Waals surface area contributed by atoms with Gasteiger partial charge in [0.15, 0.2) is 0 Å². The second-order valence-corrected chi connectivity index (χ2v) is 4.46. The molecular weight excluding hydrogens is 307 g/mol. The number of hydrogen-bond acceptors (Lipinski definition) is 1.